The van der Waals surface area contributed by atoms with Gasteiger partial charge in [0, 0.05) is 29.9 Å². The molecule has 0 radical (unpaired) electrons. The Balaban J connectivity index is 1.48. The topological polar surface area (TPSA) is 68.7 Å². The first-order valence-electron chi connectivity index (χ1n) is 10.2. The molecule has 6 nitrogen and oxygen atoms in total. The summed E-state index contributed by atoms with van der Waals surface area (Å²) >= 11 is 0. The summed E-state index contributed by atoms with van der Waals surface area (Å²) in [4.78, 5) is 11.6. The molecule has 2 heterocycles. The molecular weight excluding hydrogens is 374 g/mol. The van der Waals surface area contributed by atoms with Gasteiger partial charge in [0.05, 0.1) is 0 Å². The monoisotopic (exact) mass is 399 g/mol. The lowest BCUT2D eigenvalue weighted by molar-refractivity contribution is 0.161. The van der Waals surface area contributed by atoms with E-state index < -0.39 is 0 Å². The fourth-order valence-electron chi connectivity index (χ4n) is 4.10. The summed E-state index contributed by atoms with van der Waals surface area (Å²) in [6, 6.07) is 18.4. The van der Waals surface area contributed by atoms with Crippen LogP contribution in [0.2, 0.25) is 0 Å². The second-order valence-electron chi connectivity index (χ2n) is 8.07. The van der Waals surface area contributed by atoms with Gasteiger partial charge in [-0.1, -0.05) is 18.2 Å². The molecule has 2 aromatic heterocycles. The van der Waals surface area contributed by atoms with Crippen molar-refractivity contribution in [2.45, 2.75) is 24.8 Å². The van der Waals surface area contributed by atoms with Crippen LogP contribution in [0.3, 0.4) is 0 Å². The van der Waals surface area contributed by atoms with Crippen LogP contribution >= 0.6 is 0 Å². The Morgan fingerprint density at radius 2 is 1.70 bits per heavy atom. The third kappa shape index (κ3) is 3.29. The Hall–Kier alpha value is -3.38. The van der Waals surface area contributed by atoms with Crippen LogP contribution in [0.4, 0.5) is 5.82 Å². The van der Waals surface area contributed by atoms with Crippen LogP contribution in [0.15, 0.2) is 67.0 Å². The number of rotatable bonds is 5. The standard InChI is InChI=1S/C24H25N5O/c1-28(2)18-14-17(15-18)24-27-21(22-23(25)26-12-13-29(22)24)16-8-10-20(11-9-16)30-19-6-4-3-5-7-19/h3-13,17-18H,14-15H2,1-2H3,(H2,25,26)/t17-,18+. The number of anilines is 1. The summed E-state index contributed by atoms with van der Waals surface area (Å²) < 4.78 is 8.03. The lowest BCUT2D eigenvalue weighted by atomic mass is 9.79. The third-order valence-electron chi connectivity index (χ3n) is 5.93. The molecule has 6 heteroatoms. The molecule has 4 aromatic rings. The predicted molar refractivity (Wildman–Crippen MR) is 119 cm³/mol. The first-order chi connectivity index (χ1) is 14.6. The zero-order valence-corrected chi connectivity index (χ0v) is 17.2. The van der Waals surface area contributed by atoms with Crippen LogP contribution in [-0.4, -0.2) is 39.4 Å². The number of nitrogens with zero attached hydrogens (tertiary/aromatic N) is 4. The average molecular weight is 399 g/mol. The van der Waals surface area contributed by atoms with Crippen molar-refractivity contribution in [1.29, 1.82) is 0 Å². The summed E-state index contributed by atoms with van der Waals surface area (Å²) in [5.74, 6) is 3.60. The van der Waals surface area contributed by atoms with E-state index in [1.54, 1.807) is 6.20 Å². The highest BCUT2D eigenvalue weighted by Crippen LogP contribution is 2.41. The van der Waals surface area contributed by atoms with E-state index in [4.69, 9.17) is 15.5 Å². The van der Waals surface area contributed by atoms with Gasteiger partial charge >= 0.3 is 0 Å². The van der Waals surface area contributed by atoms with Crippen LogP contribution in [0, 0.1) is 0 Å². The normalized spacial score (nSPS) is 18.5. The van der Waals surface area contributed by atoms with Gasteiger partial charge in [0.15, 0.2) is 0 Å². The molecule has 0 saturated heterocycles. The van der Waals surface area contributed by atoms with Crippen molar-refractivity contribution in [3.63, 3.8) is 0 Å². The summed E-state index contributed by atoms with van der Waals surface area (Å²) in [6.45, 7) is 0. The molecular formula is C24H25N5O. The summed E-state index contributed by atoms with van der Waals surface area (Å²) in [6.07, 6.45) is 5.93. The molecule has 152 valence electrons. The minimum Gasteiger partial charge on any atom is -0.457 e. The molecule has 0 unspecified atom stereocenters. The van der Waals surface area contributed by atoms with E-state index in [2.05, 4.69) is 28.4 Å². The molecule has 30 heavy (non-hydrogen) atoms. The molecule has 2 N–H and O–H groups in total. The third-order valence-corrected chi connectivity index (χ3v) is 5.93. The fraction of sp³-hybridized carbons (Fsp3) is 0.250. The van der Waals surface area contributed by atoms with E-state index in [9.17, 15) is 0 Å². The van der Waals surface area contributed by atoms with E-state index in [1.165, 1.54) is 0 Å². The average Bonchev–Trinajstić information content (AvgIpc) is 3.09. The van der Waals surface area contributed by atoms with Gasteiger partial charge in [0.1, 0.15) is 34.4 Å². The van der Waals surface area contributed by atoms with Crippen molar-refractivity contribution in [1.82, 2.24) is 19.3 Å². The lowest BCUT2D eigenvalue weighted by Crippen LogP contribution is -2.39. The van der Waals surface area contributed by atoms with Crippen molar-refractivity contribution in [3.05, 3.63) is 72.8 Å². The van der Waals surface area contributed by atoms with Gasteiger partial charge in [-0.25, -0.2) is 9.97 Å². The Morgan fingerprint density at radius 3 is 2.40 bits per heavy atom. The second-order valence-corrected chi connectivity index (χ2v) is 8.07. The largest absolute Gasteiger partial charge is 0.457 e. The Kier molecular flexibility index (Phi) is 4.64. The van der Waals surface area contributed by atoms with Gasteiger partial charge in [0.25, 0.3) is 0 Å². The second kappa shape index (κ2) is 7.46. The van der Waals surface area contributed by atoms with Gasteiger partial charge in [-0.15, -0.1) is 0 Å². The number of imidazole rings is 1. The van der Waals surface area contributed by atoms with E-state index in [0.29, 0.717) is 17.8 Å². The molecule has 5 rings (SSSR count). The SMILES string of the molecule is CN(C)[C@H]1C[C@@H](c2nc(-c3ccc(Oc4ccccc4)cc3)c3c(N)nccn32)C1. The molecule has 1 saturated carbocycles. The number of hydrogen-bond donors (Lipinski definition) is 1. The highest BCUT2D eigenvalue weighted by atomic mass is 16.5. The van der Waals surface area contributed by atoms with E-state index >= 15 is 0 Å². The highest BCUT2D eigenvalue weighted by molar-refractivity contribution is 5.85. The maximum atomic E-state index is 6.27. The number of hydrogen-bond acceptors (Lipinski definition) is 5. The molecule has 0 amide bonds. The van der Waals surface area contributed by atoms with Crippen LogP contribution < -0.4 is 10.5 Å². The van der Waals surface area contributed by atoms with Gasteiger partial charge in [0.2, 0.25) is 0 Å². The van der Waals surface area contributed by atoms with Gasteiger partial charge in [-0.3, -0.25) is 4.40 Å². The number of benzene rings is 2. The van der Waals surface area contributed by atoms with Crippen LogP contribution in [0.1, 0.15) is 24.6 Å². The first kappa shape index (κ1) is 18.6. The zero-order valence-electron chi connectivity index (χ0n) is 17.2. The Morgan fingerprint density at radius 1 is 1.00 bits per heavy atom. The van der Waals surface area contributed by atoms with E-state index in [1.807, 2.05) is 60.8 Å². The van der Waals surface area contributed by atoms with Gasteiger partial charge < -0.3 is 15.4 Å². The predicted octanol–water partition coefficient (Wildman–Crippen LogP) is 4.58. The molecule has 0 atom stereocenters. The highest BCUT2D eigenvalue weighted by Gasteiger charge is 2.35. The Labute approximate surface area is 176 Å². The molecule has 0 aliphatic heterocycles. The molecule has 1 fully saturated rings. The number of nitrogens with two attached hydrogens (primary N) is 1. The van der Waals surface area contributed by atoms with Crippen LogP contribution in [0.25, 0.3) is 16.8 Å². The summed E-state index contributed by atoms with van der Waals surface area (Å²) in [5, 5.41) is 0. The van der Waals surface area contributed by atoms with Crippen molar-refractivity contribution < 1.29 is 4.74 Å². The van der Waals surface area contributed by atoms with Crippen molar-refractivity contribution in [2.75, 3.05) is 19.8 Å². The van der Waals surface area contributed by atoms with Crippen LogP contribution in [-0.2, 0) is 0 Å². The maximum Gasteiger partial charge on any atom is 0.150 e. The minimum atomic E-state index is 0.432. The zero-order chi connectivity index (χ0) is 20.7. The maximum absolute atomic E-state index is 6.27. The summed E-state index contributed by atoms with van der Waals surface area (Å²) in [5.41, 5.74) is 9.02. The van der Waals surface area contributed by atoms with Crippen molar-refractivity contribution >= 4 is 11.3 Å². The van der Waals surface area contributed by atoms with Crippen molar-refractivity contribution in [3.8, 4) is 22.8 Å². The van der Waals surface area contributed by atoms with E-state index in [-0.39, 0.29) is 0 Å². The first-order valence-corrected chi connectivity index (χ1v) is 10.2. The molecule has 0 bridgehead atoms. The van der Waals surface area contributed by atoms with E-state index in [0.717, 1.165) is 46.9 Å². The molecule has 0 spiro atoms. The minimum absolute atomic E-state index is 0.432. The number of ether oxygens (including phenoxy) is 1. The number of nitrogen functional groups attached to an aromatic ring is 1. The number of aromatic nitrogens is 3. The van der Waals surface area contributed by atoms with Gasteiger partial charge in [-0.05, 0) is 63.3 Å². The van der Waals surface area contributed by atoms with Crippen LogP contribution in [0.5, 0.6) is 11.5 Å². The quantitative estimate of drug-likeness (QED) is 0.532. The molecule has 1 aliphatic carbocycles. The molecule has 1 aliphatic rings. The van der Waals surface area contributed by atoms with Crippen molar-refractivity contribution in [2.24, 2.45) is 0 Å². The number of para-hydroxylation sites is 1. The van der Waals surface area contributed by atoms with Gasteiger partial charge in [-0.2, -0.15) is 0 Å². The fourth-order valence-corrected chi connectivity index (χ4v) is 4.10. The Bertz CT molecular complexity index is 1160. The lowest BCUT2D eigenvalue weighted by Gasteiger charge is -2.38. The number of fused-ring (bicyclic) bond motifs is 1. The summed E-state index contributed by atoms with van der Waals surface area (Å²) in [7, 11) is 4.27. The smallest absolute Gasteiger partial charge is 0.150 e. The molecule has 2 aromatic carbocycles.